The number of thiol groups is 1. The van der Waals surface area contributed by atoms with Gasteiger partial charge in [-0.25, -0.2) is 4.40 Å². The maximum atomic E-state index is 13.2. The zero-order chi connectivity index (χ0) is 22.8. The molecule has 0 radical (unpaired) electrons. The van der Waals surface area contributed by atoms with Gasteiger partial charge in [0.05, 0.1) is 6.21 Å². The first-order valence-electron chi connectivity index (χ1n) is 10.4. The minimum atomic E-state index is -0.714. The maximum Gasteiger partial charge on any atom is 0.273 e. The van der Waals surface area contributed by atoms with Crippen molar-refractivity contribution in [1.29, 1.82) is 5.41 Å². The van der Waals surface area contributed by atoms with E-state index < -0.39 is 17.2 Å². The third-order valence-corrected chi connectivity index (χ3v) is 6.54. The van der Waals surface area contributed by atoms with Gasteiger partial charge in [-0.3, -0.25) is 19.8 Å². The molecule has 0 bridgehead atoms. The molecule has 31 heavy (non-hydrogen) atoms. The van der Waals surface area contributed by atoms with Crippen molar-refractivity contribution in [3.05, 3.63) is 34.4 Å². The van der Waals surface area contributed by atoms with Crippen molar-refractivity contribution in [3.63, 3.8) is 0 Å². The fraction of sp³-hybridized carbons (Fsp3) is 0.458. The van der Waals surface area contributed by atoms with E-state index in [9.17, 15) is 14.4 Å². The monoisotopic (exact) mass is 437 g/mol. The van der Waals surface area contributed by atoms with Crippen molar-refractivity contribution >= 4 is 42.2 Å². The number of nitrogens with zero attached hydrogens (tertiary/aromatic N) is 2. The normalized spacial score (nSPS) is 18.9. The molecule has 7 heteroatoms. The predicted molar refractivity (Wildman–Crippen MR) is 124 cm³/mol. The smallest absolute Gasteiger partial charge is 0.273 e. The van der Waals surface area contributed by atoms with Crippen molar-refractivity contribution in [2.45, 2.75) is 52.4 Å². The quantitative estimate of drug-likeness (QED) is 0.329. The van der Waals surface area contributed by atoms with Gasteiger partial charge < -0.3 is 4.90 Å². The maximum absolute atomic E-state index is 13.2. The van der Waals surface area contributed by atoms with Gasteiger partial charge in [0.25, 0.3) is 5.91 Å². The van der Waals surface area contributed by atoms with Crippen molar-refractivity contribution in [1.82, 2.24) is 4.90 Å². The Labute approximate surface area is 188 Å². The Bertz CT molecular complexity index is 997. The van der Waals surface area contributed by atoms with Crippen LogP contribution >= 0.6 is 12.8 Å². The lowest BCUT2D eigenvalue weighted by Crippen LogP contribution is -2.49. The Morgan fingerprint density at radius 2 is 1.74 bits per heavy atom. The molecule has 1 aliphatic carbocycles. The second-order valence-corrected chi connectivity index (χ2v) is 8.80. The van der Waals surface area contributed by atoms with Crippen LogP contribution < -0.4 is 0 Å². The number of aryl methyl sites for hydroxylation is 2. The number of ketones is 2. The summed E-state index contributed by atoms with van der Waals surface area (Å²) < 4.78 is 3.42. The minimum absolute atomic E-state index is 0.0356. The molecule has 1 amide bonds. The topological polar surface area (TPSA) is 90.7 Å². The second-order valence-electron chi connectivity index (χ2n) is 8.57. The van der Waals surface area contributed by atoms with E-state index in [-0.39, 0.29) is 17.3 Å². The van der Waals surface area contributed by atoms with Gasteiger partial charge in [-0.2, -0.15) is 0 Å². The van der Waals surface area contributed by atoms with Crippen molar-refractivity contribution in [2.24, 2.45) is 9.81 Å². The van der Waals surface area contributed by atoms with Gasteiger partial charge in [0.1, 0.15) is 23.2 Å². The highest BCUT2D eigenvalue weighted by atomic mass is 32.1. The summed E-state index contributed by atoms with van der Waals surface area (Å²) in [6.45, 7) is 6.50. The molecule has 3 rings (SSSR count). The summed E-state index contributed by atoms with van der Waals surface area (Å²) in [5.74, 6) is 4.73. The number of carbonyl (C=O) groups excluding carboxylic acids is 3. The van der Waals surface area contributed by atoms with Crippen LogP contribution in [-0.4, -0.2) is 47.4 Å². The fourth-order valence-corrected chi connectivity index (χ4v) is 5.09. The number of amides is 1. The van der Waals surface area contributed by atoms with Crippen molar-refractivity contribution < 1.29 is 14.4 Å². The van der Waals surface area contributed by atoms with E-state index >= 15 is 0 Å². The van der Waals surface area contributed by atoms with Crippen LogP contribution in [-0.2, 0) is 14.4 Å². The highest BCUT2D eigenvalue weighted by Gasteiger charge is 2.47. The number of hydrogen-bond donors (Lipinski definition) is 2. The van der Waals surface area contributed by atoms with E-state index in [1.165, 1.54) is 0 Å². The predicted octanol–water partition coefficient (Wildman–Crippen LogP) is 3.23. The van der Waals surface area contributed by atoms with Crippen LogP contribution in [0.1, 0.15) is 60.8 Å². The number of piperidine rings is 1. The average Bonchev–Trinajstić information content (AvgIpc) is 2.70. The Kier molecular flexibility index (Phi) is 6.80. The summed E-state index contributed by atoms with van der Waals surface area (Å²) in [5.41, 5.74) is 2.94. The summed E-state index contributed by atoms with van der Waals surface area (Å²) in [7, 11) is 0. The molecule has 1 saturated carbocycles. The summed E-state index contributed by atoms with van der Waals surface area (Å²) in [6, 6.07) is 3.88. The van der Waals surface area contributed by atoms with Gasteiger partial charge in [-0.1, -0.05) is 5.92 Å². The molecular weight excluding hydrogens is 410 g/mol. The van der Waals surface area contributed by atoms with E-state index in [1.54, 1.807) is 11.8 Å². The molecule has 1 aliphatic heterocycles. The number of nitrogens with one attached hydrogen (secondary N) is 1. The average molecular weight is 438 g/mol. The summed E-state index contributed by atoms with van der Waals surface area (Å²) >= 11 is 3.66. The van der Waals surface area contributed by atoms with Gasteiger partial charge >= 0.3 is 0 Å². The molecule has 1 aromatic carbocycles. The highest BCUT2D eigenvalue weighted by molar-refractivity contribution is 7.79. The van der Waals surface area contributed by atoms with Gasteiger partial charge in [0, 0.05) is 31.5 Å². The third kappa shape index (κ3) is 4.64. The highest BCUT2D eigenvalue weighted by Crippen LogP contribution is 2.46. The van der Waals surface area contributed by atoms with Crippen LogP contribution in [0.5, 0.6) is 0 Å². The molecule has 1 spiro atoms. The molecule has 1 N–H and O–H groups in total. The van der Waals surface area contributed by atoms with Crippen molar-refractivity contribution in [3.8, 4) is 11.8 Å². The lowest BCUT2D eigenvalue weighted by Gasteiger charge is -2.44. The SMILES string of the molecule is CC#Cc1cc(C)c(C2C(=O)CC3(CCN(C(=O)C(=N)/C=N\S)CC3)CC2=O)c(C)c1. The Morgan fingerprint density at radius 1 is 1.19 bits per heavy atom. The van der Waals surface area contributed by atoms with E-state index in [0.717, 1.165) is 28.5 Å². The van der Waals surface area contributed by atoms with Crippen molar-refractivity contribution in [2.75, 3.05) is 13.1 Å². The van der Waals surface area contributed by atoms with Gasteiger partial charge in [0.15, 0.2) is 0 Å². The Morgan fingerprint density at radius 3 is 2.23 bits per heavy atom. The fourth-order valence-electron chi connectivity index (χ4n) is 4.97. The number of hydrogen-bond acceptors (Lipinski definition) is 6. The first-order chi connectivity index (χ1) is 14.7. The zero-order valence-corrected chi connectivity index (χ0v) is 19.0. The van der Waals surface area contributed by atoms with Gasteiger partial charge in [0.2, 0.25) is 0 Å². The number of Topliss-reactive ketones (excluding diaryl/α,β-unsaturated/α-hetero) is 2. The molecule has 1 heterocycles. The van der Waals surface area contributed by atoms with Crippen LogP contribution in [0, 0.1) is 36.5 Å². The molecular formula is C24H27N3O3S. The molecule has 0 aromatic heterocycles. The molecule has 6 nitrogen and oxygen atoms in total. The molecule has 2 fully saturated rings. The van der Waals surface area contributed by atoms with Gasteiger partial charge in [-0.15, -0.1) is 5.92 Å². The Balaban J connectivity index is 1.76. The van der Waals surface area contributed by atoms with Gasteiger partial charge in [-0.05, 0) is 80.7 Å². The number of carbonyl (C=O) groups is 3. The van der Waals surface area contributed by atoms with Crippen LogP contribution in [0.25, 0.3) is 0 Å². The third-order valence-electron chi connectivity index (χ3n) is 6.42. The van der Waals surface area contributed by atoms with E-state index in [4.69, 9.17) is 5.41 Å². The lowest BCUT2D eigenvalue weighted by atomic mass is 9.62. The number of benzene rings is 1. The van der Waals surface area contributed by atoms with Crippen LogP contribution in [0.2, 0.25) is 0 Å². The van der Waals surface area contributed by atoms with E-state index in [0.29, 0.717) is 38.8 Å². The van der Waals surface area contributed by atoms with E-state index in [2.05, 4.69) is 29.1 Å². The molecule has 1 saturated heterocycles. The molecule has 0 atom stereocenters. The molecule has 1 aromatic rings. The largest absolute Gasteiger partial charge is 0.337 e. The Hall–Kier alpha value is -2.72. The van der Waals surface area contributed by atoms with Crippen LogP contribution in [0.4, 0.5) is 0 Å². The van der Waals surface area contributed by atoms with Crippen LogP contribution in [0.15, 0.2) is 16.5 Å². The first kappa shape index (κ1) is 23.0. The first-order valence-corrected chi connectivity index (χ1v) is 10.8. The minimum Gasteiger partial charge on any atom is -0.337 e. The summed E-state index contributed by atoms with van der Waals surface area (Å²) in [5, 5.41) is 7.73. The lowest BCUT2D eigenvalue weighted by molar-refractivity contribution is -0.139. The zero-order valence-electron chi connectivity index (χ0n) is 18.1. The summed E-state index contributed by atoms with van der Waals surface area (Å²) in [4.78, 5) is 40.3. The van der Waals surface area contributed by atoms with E-state index in [1.807, 2.05) is 26.0 Å². The second kappa shape index (κ2) is 9.19. The molecule has 162 valence electrons. The summed E-state index contributed by atoms with van der Waals surface area (Å²) in [6.07, 6.45) is 2.96. The number of likely N-dealkylation sites (tertiary alicyclic amines) is 1. The van der Waals surface area contributed by atoms with Crippen LogP contribution in [0.3, 0.4) is 0 Å². The number of rotatable bonds is 3. The standard InChI is InChI=1S/C24H27N3O3S/c1-4-5-17-10-15(2)21(16(3)11-17)22-19(28)12-24(13-20(22)29)6-8-27(9-7-24)23(30)18(25)14-26-31/h10-11,14,22,25,31H,6-9,12-13H2,1-3H3/b25-18?,26-14-. The molecule has 2 aliphatic rings. The molecule has 0 unspecified atom stereocenters.